The van der Waals surface area contributed by atoms with Gasteiger partial charge in [0.05, 0.1) is 5.57 Å². The van der Waals surface area contributed by atoms with Crippen LogP contribution in [-0.2, 0) is 14.4 Å². The molecule has 0 saturated heterocycles. The zero-order valence-electron chi connectivity index (χ0n) is 12.9. The molecule has 1 heterocycles. The van der Waals surface area contributed by atoms with Crippen LogP contribution in [0.15, 0.2) is 23.8 Å². The van der Waals surface area contributed by atoms with E-state index < -0.39 is 42.2 Å². The Morgan fingerprint density at radius 1 is 1.23 bits per heavy atom. The summed E-state index contributed by atoms with van der Waals surface area (Å²) in [7, 11) is 0. The van der Waals surface area contributed by atoms with Crippen LogP contribution in [0.2, 0.25) is 0 Å². The lowest BCUT2D eigenvalue weighted by atomic mass is 10.0. The van der Waals surface area contributed by atoms with Crippen LogP contribution in [0.4, 0.5) is 26.3 Å². The molecule has 2 atom stereocenters. The van der Waals surface area contributed by atoms with Gasteiger partial charge in [-0.2, -0.15) is 13.2 Å². The fourth-order valence-corrected chi connectivity index (χ4v) is 2.03. The first-order chi connectivity index (χ1) is 11.9. The van der Waals surface area contributed by atoms with E-state index in [1.54, 1.807) is 0 Å². The van der Waals surface area contributed by atoms with E-state index in [-0.39, 0.29) is 11.3 Å². The smallest absolute Gasteiger partial charge is 0.475 e. The SMILES string of the molecule is CC(ON)OC(=O)C1=Cc2cc(OC(F)(F)F)ccc2OC1C(F)(F)F. The maximum Gasteiger partial charge on any atom is 0.573 e. The first-order valence-electron chi connectivity index (χ1n) is 6.82. The molecule has 6 nitrogen and oxygen atoms in total. The van der Waals surface area contributed by atoms with Crippen molar-refractivity contribution in [2.24, 2.45) is 5.90 Å². The van der Waals surface area contributed by atoms with Gasteiger partial charge < -0.3 is 14.2 Å². The van der Waals surface area contributed by atoms with Crippen LogP contribution in [0.3, 0.4) is 0 Å². The molecule has 0 aromatic heterocycles. The third-order valence-electron chi connectivity index (χ3n) is 3.05. The second kappa shape index (κ2) is 7.03. The largest absolute Gasteiger partial charge is 0.573 e. The van der Waals surface area contributed by atoms with Crippen molar-refractivity contribution in [1.29, 1.82) is 0 Å². The molecule has 12 heteroatoms. The Morgan fingerprint density at radius 2 is 1.88 bits per heavy atom. The van der Waals surface area contributed by atoms with Crippen molar-refractivity contribution in [3.8, 4) is 11.5 Å². The van der Waals surface area contributed by atoms with Crippen molar-refractivity contribution in [2.45, 2.75) is 31.9 Å². The molecule has 0 radical (unpaired) electrons. The normalized spacial score (nSPS) is 18.3. The molecule has 1 aromatic rings. The Labute approximate surface area is 142 Å². The zero-order valence-corrected chi connectivity index (χ0v) is 12.9. The van der Waals surface area contributed by atoms with E-state index in [4.69, 9.17) is 10.6 Å². The summed E-state index contributed by atoms with van der Waals surface area (Å²) in [5.74, 6) is 2.20. The van der Waals surface area contributed by atoms with Crippen LogP contribution in [-0.4, -0.2) is 30.9 Å². The maximum atomic E-state index is 13.2. The van der Waals surface area contributed by atoms with Gasteiger partial charge in [0.2, 0.25) is 12.4 Å². The Balaban J connectivity index is 2.42. The molecule has 1 aromatic carbocycles. The van der Waals surface area contributed by atoms with Gasteiger partial charge in [0, 0.05) is 5.56 Å². The summed E-state index contributed by atoms with van der Waals surface area (Å²) in [6, 6.07) is 2.41. The van der Waals surface area contributed by atoms with Gasteiger partial charge in [0.1, 0.15) is 11.5 Å². The lowest BCUT2D eigenvalue weighted by molar-refractivity contribution is -0.274. The van der Waals surface area contributed by atoms with Crippen molar-refractivity contribution < 1.29 is 50.2 Å². The summed E-state index contributed by atoms with van der Waals surface area (Å²) in [6.07, 6.45) is -13.3. The van der Waals surface area contributed by atoms with Crippen LogP contribution < -0.4 is 15.4 Å². The lowest BCUT2D eigenvalue weighted by Crippen LogP contribution is -2.41. The maximum absolute atomic E-state index is 13.2. The summed E-state index contributed by atoms with van der Waals surface area (Å²) >= 11 is 0. The number of rotatable bonds is 4. The number of ether oxygens (including phenoxy) is 3. The van der Waals surface area contributed by atoms with E-state index in [1.807, 2.05) is 0 Å². The average Bonchev–Trinajstić information content (AvgIpc) is 2.50. The quantitative estimate of drug-likeness (QED) is 0.370. The van der Waals surface area contributed by atoms with Gasteiger partial charge in [-0.05, 0) is 31.2 Å². The lowest BCUT2D eigenvalue weighted by Gasteiger charge is -2.28. The van der Waals surface area contributed by atoms with Crippen LogP contribution in [0.25, 0.3) is 6.08 Å². The van der Waals surface area contributed by atoms with Crippen LogP contribution in [0, 0.1) is 0 Å². The summed E-state index contributed by atoms with van der Waals surface area (Å²) in [5, 5.41) is 0. The third kappa shape index (κ3) is 4.79. The van der Waals surface area contributed by atoms with Crippen molar-refractivity contribution in [2.75, 3.05) is 0 Å². The number of benzene rings is 1. The summed E-state index contributed by atoms with van der Waals surface area (Å²) in [6.45, 7) is 1.15. The highest BCUT2D eigenvalue weighted by molar-refractivity contribution is 5.96. The highest BCUT2D eigenvalue weighted by Crippen LogP contribution is 2.39. The van der Waals surface area contributed by atoms with Crippen molar-refractivity contribution in [1.82, 2.24) is 0 Å². The number of hydrogen-bond acceptors (Lipinski definition) is 6. The minimum Gasteiger partial charge on any atom is -0.475 e. The molecule has 2 N–H and O–H groups in total. The number of esters is 1. The van der Waals surface area contributed by atoms with Gasteiger partial charge in [-0.3, -0.25) is 4.84 Å². The van der Waals surface area contributed by atoms with Gasteiger partial charge in [-0.15, -0.1) is 13.2 Å². The number of hydrogen-bond donors (Lipinski definition) is 1. The number of fused-ring (bicyclic) bond motifs is 1. The van der Waals surface area contributed by atoms with Gasteiger partial charge >= 0.3 is 18.5 Å². The number of halogens is 6. The summed E-state index contributed by atoms with van der Waals surface area (Å²) in [5.41, 5.74) is -1.22. The molecule has 0 spiro atoms. The van der Waals surface area contributed by atoms with E-state index in [1.165, 1.54) is 0 Å². The Hall–Kier alpha value is -2.47. The molecule has 2 unspecified atom stereocenters. The predicted molar refractivity (Wildman–Crippen MR) is 72.4 cm³/mol. The van der Waals surface area contributed by atoms with Gasteiger partial charge in [0.15, 0.2) is 0 Å². The van der Waals surface area contributed by atoms with Crippen LogP contribution >= 0.6 is 0 Å². The fourth-order valence-electron chi connectivity index (χ4n) is 2.03. The molecule has 0 amide bonds. The summed E-state index contributed by atoms with van der Waals surface area (Å²) in [4.78, 5) is 16.1. The molecule has 0 saturated carbocycles. The van der Waals surface area contributed by atoms with E-state index >= 15 is 0 Å². The van der Waals surface area contributed by atoms with Gasteiger partial charge in [0.25, 0.3) is 0 Å². The fraction of sp³-hybridized carbons (Fsp3) is 0.357. The molecule has 0 aliphatic carbocycles. The third-order valence-corrected chi connectivity index (χ3v) is 3.05. The first-order valence-corrected chi connectivity index (χ1v) is 6.82. The van der Waals surface area contributed by atoms with E-state index in [9.17, 15) is 31.1 Å². The van der Waals surface area contributed by atoms with Crippen molar-refractivity contribution in [3.63, 3.8) is 0 Å². The van der Waals surface area contributed by atoms with Crippen LogP contribution in [0.5, 0.6) is 11.5 Å². The van der Waals surface area contributed by atoms with Gasteiger partial charge in [-0.25, -0.2) is 10.7 Å². The second-order valence-corrected chi connectivity index (χ2v) is 5.00. The number of nitrogens with two attached hydrogens (primary N) is 1. The van der Waals surface area contributed by atoms with E-state index in [0.29, 0.717) is 6.08 Å². The number of carbonyl (C=O) groups excluding carboxylic acids is 1. The number of carbonyl (C=O) groups is 1. The van der Waals surface area contributed by atoms with Gasteiger partial charge in [-0.1, -0.05) is 0 Å². The molecular formula is C14H11F6NO5. The molecule has 26 heavy (non-hydrogen) atoms. The van der Waals surface area contributed by atoms with Crippen LogP contribution in [0.1, 0.15) is 12.5 Å². The predicted octanol–water partition coefficient (Wildman–Crippen LogP) is 3.07. The standard InChI is InChI=1S/C14H11F6NO5/c1-6(26-21)23-12(22)9-5-7-4-8(25-14(18,19)20)2-3-10(7)24-11(9)13(15,16)17/h2-6,11H,21H2,1H3. The molecule has 144 valence electrons. The minimum atomic E-state index is -5.00. The zero-order chi connectivity index (χ0) is 19.7. The minimum absolute atomic E-state index is 0.236. The highest BCUT2D eigenvalue weighted by Gasteiger charge is 2.49. The Bertz CT molecular complexity index is 715. The molecule has 1 aliphatic rings. The highest BCUT2D eigenvalue weighted by atomic mass is 19.4. The monoisotopic (exact) mass is 387 g/mol. The average molecular weight is 387 g/mol. The Kier molecular flexibility index (Phi) is 5.37. The second-order valence-electron chi connectivity index (χ2n) is 5.00. The summed E-state index contributed by atoms with van der Waals surface area (Å²) < 4.78 is 89.2. The number of alkyl halides is 6. The Morgan fingerprint density at radius 3 is 2.42 bits per heavy atom. The molecule has 0 bridgehead atoms. The van der Waals surface area contributed by atoms with Crippen molar-refractivity contribution in [3.05, 3.63) is 29.3 Å². The molecule has 2 rings (SSSR count). The van der Waals surface area contributed by atoms with Crippen molar-refractivity contribution >= 4 is 12.0 Å². The molecular weight excluding hydrogens is 376 g/mol. The molecule has 0 fully saturated rings. The van der Waals surface area contributed by atoms with E-state index in [2.05, 4.69) is 14.3 Å². The molecule has 1 aliphatic heterocycles. The van der Waals surface area contributed by atoms with E-state index in [0.717, 1.165) is 25.1 Å². The topological polar surface area (TPSA) is 80.0 Å². The first kappa shape index (κ1) is 19.8.